The Bertz CT molecular complexity index is 1260. The van der Waals surface area contributed by atoms with Crippen LogP contribution in [-0.2, 0) is 33.2 Å². The van der Waals surface area contributed by atoms with E-state index in [1.165, 1.54) is 35.4 Å². The van der Waals surface area contributed by atoms with Crippen LogP contribution < -0.4 is 4.90 Å². The van der Waals surface area contributed by atoms with Crippen molar-refractivity contribution in [1.29, 1.82) is 0 Å². The number of benzene rings is 1. The molecule has 1 aliphatic rings. The number of amides is 1. The highest BCUT2D eigenvalue weighted by atomic mass is 19.4. The van der Waals surface area contributed by atoms with Gasteiger partial charge >= 0.3 is 24.4 Å². The number of aromatic nitrogens is 2. The summed E-state index contributed by atoms with van der Waals surface area (Å²) >= 11 is 0. The molecule has 2 atom stereocenters. The topological polar surface area (TPSA) is 84.9 Å². The predicted molar refractivity (Wildman–Crippen MR) is 141 cm³/mol. The van der Waals surface area contributed by atoms with Gasteiger partial charge in [0.05, 0.1) is 24.3 Å². The zero-order valence-electron chi connectivity index (χ0n) is 23.7. The van der Waals surface area contributed by atoms with E-state index in [1.807, 2.05) is 6.92 Å². The van der Waals surface area contributed by atoms with Crippen LogP contribution in [0.2, 0.25) is 0 Å². The average molecular weight is 603 g/mol. The largest absolute Gasteiger partial charge is 0.466 e. The van der Waals surface area contributed by atoms with Gasteiger partial charge in [0.25, 0.3) is 0 Å². The molecule has 230 valence electrons. The first-order valence-electron chi connectivity index (χ1n) is 13.0. The van der Waals surface area contributed by atoms with Crippen molar-refractivity contribution in [2.24, 2.45) is 0 Å². The second kappa shape index (κ2) is 12.6. The molecule has 1 saturated heterocycles. The first-order valence-corrected chi connectivity index (χ1v) is 13.0. The fourth-order valence-corrected chi connectivity index (χ4v) is 4.52. The van der Waals surface area contributed by atoms with E-state index < -0.39 is 53.7 Å². The minimum Gasteiger partial charge on any atom is -0.466 e. The molecular weight excluding hydrogens is 570 g/mol. The molecule has 0 radical (unpaired) electrons. The molecule has 2 aromatic rings. The summed E-state index contributed by atoms with van der Waals surface area (Å²) < 4.78 is 91.5. The molecule has 1 aromatic heterocycles. The number of anilines is 1. The third-order valence-electron chi connectivity index (χ3n) is 6.46. The van der Waals surface area contributed by atoms with Crippen LogP contribution >= 0.6 is 0 Å². The van der Waals surface area contributed by atoms with Gasteiger partial charge in [-0.2, -0.15) is 26.3 Å². The normalized spacial score (nSPS) is 17.9. The molecule has 3 rings (SSSR count). The smallest absolute Gasteiger partial charge is 0.416 e. The zero-order chi connectivity index (χ0) is 31.5. The number of methoxy groups -OCH3 is 1. The van der Waals surface area contributed by atoms with Gasteiger partial charge in [0, 0.05) is 43.2 Å². The molecule has 8 nitrogen and oxygen atoms in total. The maximum absolute atomic E-state index is 13.6. The average Bonchev–Trinajstić information content (AvgIpc) is 3.33. The van der Waals surface area contributed by atoms with E-state index in [-0.39, 0.29) is 30.2 Å². The van der Waals surface area contributed by atoms with Crippen molar-refractivity contribution in [3.63, 3.8) is 0 Å². The lowest BCUT2D eigenvalue weighted by Gasteiger charge is -2.30. The third kappa shape index (κ3) is 8.58. The van der Waals surface area contributed by atoms with Crippen LogP contribution in [-0.4, -0.2) is 58.3 Å². The van der Waals surface area contributed by atoms with Crippen molar-refractivity contribution >= 4 is 24.1 Å². The van der Waals surface area contributed by atoms with E-state index in [9.17, 15) is 35.9 Å². The number of carbonyl (C=O) groups is 2. The van der Waals surface area contributed by atoms with Gasteiger partial charge in [0.1, 0.15) is 5.60 Å². The standard InChI is InChI=1S/C28H32F6N4O4/c1-6-21-12-22(16-38(21)25(40)42-26(2,3)4)37(24-35-13-17(14-36-24)7-8-23(39)41-5)15-18-9-19(27(29,30)31)11-20(10-18)28(32,33)34/h7-11,13-14,21-22H,6,12,15-16H2,1-5H3/t21-,22?/m1/s1. The highest BCUT2D eigenvalue weighted by Gasteiger charge is 2.41. The number of ether oxygens (including phenoxy) is 2. The van der Waals surface area contributed by atoms with E-state index in [0.29, 0.717) is 30.5 Å². The number of nitrogens with zero attached hydrogens (tertiary/aromatic N) is 4. The van der Waals surface area contributed by atoms with Crippen molar-refractivity contribution in [3.05, 3.63) is 58.9 Å². The number of hydrogen-bond acceptors (Lipinski definition) is 7. The van der Waals surface area contributed by atoms with Crippen LogP contribution in [0.15, 0.2) is 36.7 Å². The van der Waals surface area contributed by atoms with Crippen LogP contribution in [0.5, 0.6) is 0 Å². The summed E-state index contributed by atoms with van der Waals surface area (Å²) in [6, 6.07) is 0.519. The molecule has 0 bridgehead atoms. The molecule has 0 saturated carbocycles. The molecule has 1 fully saturated rings. The SMILES string of the molecule is CC[C@@H]1CC(N(Cc2cc(C(F)(F)F)cc(C(F)(F)F)c2)c2ncc(C=CC(=O)OC)cn2)CN1C(=O)OC(C)(C)C. The number of rotatable bonds is 7. The van der Waals surface area contributed by atoms with Crippen LogP contribution in [0.3, 0.4) is 0 Å². The maximum Gasteiger partial charge on any atom is 0.416 e. The first-order chi connectivity index (χ1) is 19.4. The molecule has 1 aromatic carbocycles. The van der Waals surface area contributed by atoms with Gasteiger partial charge in [0.15, 0.2) is 0 Å². The quantitative estimate of drug-likeness (QED) is 0.203. The summed E-state index contributed by atoms with van der Waals surface area (Å²) in [5, 5.41) is 0. The number of likely N-dealkylation sites (tertiary alicyclic amines) is 1. The van der Waals surface area contributed by atoms with E-state index in [0.717, 1.165) is 6.08 Å². The van der Waals surface area contributed by atoms with E-state index >= 15 is 0 Å². The Morgan fingerprint density at radius 2 is 1.60 bits per heavy atom. The summed E-state index contributed by atoms with van der Waals surface area (Å²) in [7, 11) is 1.20. The molecule has 14 heteroatoms. The Morgan fingerprint density at radius 1 is 1.02 bits per heavy atom. The fourth-order valence-electron chi connectivity index (χ4n) is 4.52. The Balaban J connectivity index is 2.04. The summed E-state index contributed by atoms with van der Waals surface area (Å²) in [6.07, 6.45) is -4.52. The molecule has 0 aliphatic carbocycles. The monoisotopic (exact) mass is 602 g/mol. The Kier molecular flexibility index (Phi) is 9.78. The lowest BCUT2D eigenvalue weighted by atomic mass is 10.0. The van der Waals surface area contributed by atoms with E-state index in [4.69, 9.17) is 4.74 Å². The molecule has 0 N–H and O–H groups in total. The highest BCUT2D eigenvalue weighted by molar-refractivity contribution is 5.86. The van der Waals surface area contributed by atoms with Crippen LogP contribution in [0.1, 0.15) is 62.8 Å². The van der Waals surface area contributed by atoms with Gasteiger partial charge in [-0.25, -0.2) is 19.6 Å². The third-order valence-corrected chi connectivity index (χ3v) is 6.46. The van der Waals surface area contributed by atoms with Gasteiger partial charge in [-0.3, -0.25) is 0 Å². The van der Waals surface area contributed by atoms with Gasteiger partial charge < -0.3 is 19.3 Å². The summed E-state index contributed by atoms with van der Waals surface area (Å²) in [5.74, 6) is -0.605. The van der Waals surface area contributed by atoms with Crippen LogP contribution in [0.4, 0.5) is 37.1 Å². The second-order valence-corrected chi connectivity index (χ2v) is 10.8. The molecule has 1 aliphatic heterocycles. The summed E-state index contributed by atoms with van der Waals surface area (Å²) in [5.41, 5.74) is -3.53. The number of halogens is 6. The van der Waals surface area contributed by atoms with Gasteiger partial charge in [-0.15, -0.1) is 0 Å². The zero-order valence-corrected chi connectivity index (χ0v) is 23.7. The predicted octanol–water partition coefficient (Wildman–Crippen LogP) is 6.50. The van der Waals surface area contributed by atoms with Gasteiger partial charge in [-0.05, 0) is 63.5 Å². The maximum atomic E-state index is 13.6. The second-order valence-electron chi connectivity index (χ2n) is 10.8. The lowest BCUT2D eigenvalue weighted by Crippen LogP contribution is -2.42. The highest BCUT2D eigenvalue weighted by Crippen LogP contribution is 2.37. The number of hydrogen-bond donors (Lipinski definition) is 0. The van der Waals surface area contributed by atoms with Gasteiger partial charge in [0.2, 0.25) is 5.95 Å². The van der Waals surface area contributed by atoms with Crippen molar-refractivity contribution < 1.29 is 45.4 Å². The molecular formula is C28H32F6N4O4. The molecule has 1 amide bonds. The van der Waals surface area contributed by atoms with Crippen LogP contribution in [0, 0.1) is 0 Å². The Hall–Kier alpha value is -3.84. The fraction of sp³-hybridized carbons (Fsp3) is 0.500. The minimum atomic E-state index is -5.01. The van der Waals surface area contributed by atoms with Crippen molar-refractivity contribution in [2.45, 2.75) is 77.1 Å². The summed E-state index contributed by atoms with van der Waals surface area (Å²) in [4.78, 5) is 35.9. The van der Waals surface area contributed by atoms with Crippen molar-refractivity contribution in [2.75, 3.05) is 18.6 Å². The van der Waals surface area contributed by atoms with Crippen LogP contribution in [0.25, 0.3) is 6.08 Å². The molecule has 1 unspecified atom stereocenters. The summed E-state index contributed by atoms with van der Waals surface area (Å²) in [6.45, 7) is 6.65. The number of alkyl halides is 6. The van der Waals surface area contributed by atoms with Crippen molar-refractivity contribution in [1.82, 2.24) is 14.9 Å². The first kappa shape index (κ1) is 32.7. The van der Waals surface area contributed by atoms with E-state index in [2.05, 4.69) is 14.7 Å². The number of carbonyl (C=O) groups excluding carboxylic acids is 2. The number of esters is 1. The Labute approximate surface area is 239 Å². The van der Waals surface area contributed by atoms with Gasteiger partial charge in [-0.1, -0.05) is 6.92 Å². The Morgan fingerprint density at radius 3 is 2.07 bits per heavy atom. The molecule has 0 spiro atoms. The minimum absolute atomic E-state index is 0.0158. The van der Waals surface area contributed by atoms with E-state index in [1.54, 1.807) is 20.8 Å². The molecule has 2 heterocycles. The molecule has 42 heavy (non-hydrogen) atoms. The van der Waals surface area contributed by atoms with Crippen molar-refractivity contribution in [3.8, 4) is 0 Å². The lowest BCUT2D eigenvalue weighted by molar-refractivity contribution is -0.143.